The molecule has 0 saturated carbocycles. The summed E-state index contributed by atoms with van der Waals surface area (Å²) in [5.41, 5.74) is 13.3. The molecule has 15 rings (SSSR count). The maximum Gasteiger partial charge on any atom is 0.231 e. The second-order valence-electron chi connectivity index (χ2n) is 19.3. The van der Waals surface area contributed by atoms with Crippen molar-refractivity contribution < 1.29 is 18.3 Å². The van der Waals surface area contributed by atoms with E-state index in [1.165, 1.54) is 0 Å². The van der Waals surface area contributed by atoms with E-state index in [1.807, 2.05) is 122 Å². The van der Waals surface area contributed by atoms with E-state index in [0.717, 1.165) is 88.5 Å². The first kappa shape index (κ1) is 44.7. The van der Waals surface area contributed by atoms with E-state index in [-0.39, 0.29) is 0 Å². The van der Waals surface area contributed by atoms with Crippen LogP contribution >= 0.6 is 0 Å². The molecule has 0 amide bonds. The highest BCUT2D eigenvalue weighted by Crippen LogP contribution is 2.43. The first-order valence-electron chi connectivity index (χ1n) is 25.5. The number of para-hydroxylation sites is 6. The van der Waals surface area contributed by atoms with Crippen molar-refractivity contribution in [3.05, 3.63) is 230 Å². The highest BCUT2D eigenvalue weighted by molar-refractivity contribution is 6.10. The van der Waals surface area contributed by atoms with Crippen molar-refractivity contribution in [1.82, 2.24) is 39.0 Å². The number of aryl methyl sites for hydroxylation is 2. The number of pyridine rings is 2. The molecule has 0 aliphatic carbocycles. The molecule has 0 radical (unpaired) electrons. The first-order chi connectivity index (χ1) is 38.4. The molecule has 0 unspecified atom stereocenters. The van der Waals surface area contributed by atoms with Crippen LogP contribution < -0.4 is 9.47 Å². The lowest BCUT2D eigenvalue weighted by Crippen LogP contribution is -1.98. The molecule has 12 nitrogen and oxygen atoms in total. The maximum atomic E-state index is 6.92. The number of nitrogens with zero attached hydrogens (tertiary/aromatic N) is 8. The molecular weight excluding hydrogens is 969 g/mol. The van der Waals surface area contributed by atoms with Gasteiger partial charge in [0.05, 0.1) is 57.0 Å². The number of benzene rings is 8. The van der Waals surface area contributed by atoms with Gasteiger partial charge in [-0.05, 0) is 134 Å². The van der Waals surface area contributed by atoms with Crippen LogP contribution in [0.1, 0.15) is 11.1 Å². The van der Waals surface area contributed by atoms with E-state index in [4.69, 9.17) is 48.2 Å². The average Bonchev–Trinajstić information content (AvgIpc) is 4.46. The minimum absolute atomic E-state index is 0.434. The number of oxazole rings is 2. The van der Waals surface area contributed by atoms with E-state index in [1.54, 1.807) is 12.4 Å². The Morgan fingerprint density at radius 2 is 0.821 bits per heavy atom. The minimum Gasteiger partial charge on any atom is -0.456 e. The zero-order valence-electron chi connectivity index (χ0n) is 42.0. The number of rotatable bonds is 10. The molecule has 0 N–H and O–H groups in total. The van der Waals surface area contributed by atoms with Crippen molar-refractivity contribution in [2.45, 2.75) is 13.8 Å². The minimum atomic E-state index is 0.434. The van der Waals surface area contributed by atoms with Gasteiger partial charge in [-0.2, -0.15) is 0 Å². The largest absolute Gasteiger partial charge is 0.456 e. The van der Waals surface area contributed by atoms with Gasteiger partial charge in [0.15, 0.2) is 11.2 Å². The summed E-state index contributed by atoms with van der Waals surface area (Å²) < 4.78 is 30.9. The van der Waals surface area contributed by atoms with Crippen molar-refractivity contribution in [3.8, 4) is 80.1 Å². The fourth-order valence-electron chi connectivity index (χ4n) is 10.5. The van der Waals surface area contributed by atoms with Crippen LogP contribution in [0.2, 0.25) is 0 Å². The summed E-state index contributed by atoms with van der Waals surface area (Å²) in [6, 6.07) is 64.5. The first-order valence-corrected chi connectivity index (χ1v) is 25.5. The average molecular weight is 1010 g/mol. The summed E-state index contributed by atoms with van der Waals surface area (Å²) in [6.45, 7) is 4.15. The SMILES string of the molecule is Cc1ccnc(-n2c3ccccc3c3ccc(Oc4cc(-c5cnc(-c6ccc(-c7nc8ccccc8o7)c(Oc7ccc8c9ccccc9n(-c9cc(C)ccn9)c8c7)c6)cn5)ccc4-c4nc5ccccc5o4)cc32)c1. The topological polar surface area (TPSA) is 132 Å². The Labute approximate surface area is 445 Å². The van der Waals surface area contributed by atoms with Gasteiger partial charge in [-0.1, -0.05) is 72.8 Å². The Bertz CT molecular complexity index is 4490. The van der Waals surface area contributed by atoms with Crippen molar-refractivity contribution >= 4 is 65.8 Å². The van der Waals surface area contributed by atoms with Crippen LogP contribution in [0, 0.1) is 13.8 Å². The Kier molecular flexibility index (Phi) is 10.3. The summed E-state index contributed by atoms with van der Waals surface area (Å²) in [7, 11) is 0. The van der Waals surface area contributed by atoms with Crippen molar-refractivity contribution in [3.63, 3.8) is 0 Å². The third-order valence-electron chi connectivity index (χ3n) is 14.3. The monoisotopic (exact) mass is 1010 g/mol. The zero-order valence-corrected chi connectivity index (χ0v) is 42.0. The molecule has 15 aromatic rings. The van der Waals surface area contributed by atoms with E-state index < -0.39 is 0 Å². The van der Waals surface area contributed by atoms with Crippen LogP contribution in [0.15, 0.2) is 228 Å². The molecule has 7 aromatic heterocycles. The lowest BCUT2D eigenvalue weighted by atomic mass is 10.1. The number of hydrogen-bond donors (Lipinski definition) is 0. The second-order valence-corrected chi connectivity index (χ2v) is 19.3. The summed E-state index contributed by atoms with van der Waals surface area (Å²) >= 11 is 0. The molecule has 12 heteroatoms. The van der Waals surface area contributed by atoms with Crippen LogP contribution in [-0.2, 0) is 0 Å². The number of ether oxygens (including phenoxy) is 2. The van der Waals surface area contributed by atoms with Crippen LogP contribution in [0.4, 0.5) is 0 Å². The molecule has 0 bridgehead atoms. The molecule has 7 heterocycles. The van der Waals surface area contributed by atoms with Gasteiger partial charge in [0.1, 0.15) is 45.7 Å². The molecule has 0 aliphatic heterocycles. The summed E-state index contributed by atoms with van der Waals surface area (Å²) in [4.78, 5) is 29.3. The van der Waals surface area contributed by atoms with Gasteiger partial charge in [-0.25, -0.2) is 19.9 Å². The fourth-order valence-corrected chi connectivity index (χ4v) is 10.5. The third-order valence-corrected chi connectivity index (χ3v) is 14.3. The highest BCUT2D eigenvalue weighted by Gasteiger charge is 2.22. The lowest BCUT2D eigenvalue weighted by molar-refractivity contribution is 0.481. The van der Waals surface area contributed by atoms with Gasteiger partial charge in [-0.15, -0.1) is 0 Å². The summed E-state index contributed by atoms with van der Waals surface area (Å²) in [5.74, 6) is 4.84. The smallest absolute Gasteiger partial charge is 0.231 e. The second kappa shape index (κ2) is 18.0. The number of aromatic nitrogens is 8. The number of hydrogen-bond acceptors (Lipinski definition) is 10. The normalized spacial score (nSPS) is 11.7. The van der Waals surface area contributed by atoms with Gasteiger partial charge in [0.25, 0.3) is 0 Å². The van der Waals surface area contributed by atoms with E-state index in [2.05, 4.69) is 108 Å². The lowest BCUT2D eigenvalue weighted by Gasteiger charge is -2.13. The van der Waals surface area contributed by atoms with Crippen LogP contribution in [0.3, 0.4) is 0 Å². The molecule has 370 valence electrons. The summed E-state index contributed by atoms with van der Waals surface area (Å²) in [6.07, 6.45) is 7.23. The van der Waals surface area contributed by atoms with Gasteiger partial charge in [0, 0.05) is 57.2 Å². The van der Waals surface area contributed by atoms with Crippen molar-refractivity contribution in [2.75, 3.05) is 0 Å². The highest BCUT2D eigenvalue weighted by atomic mass is 16.5. The summed E-state index contributed by atoms with van der Waals surface area (Å²) in [5, 5.41) is 4.41. The Morgan fingerprint density at radius 3 is 1.27 bits per heavy atom. The molecule has 0 spiro atoms. The van der Waals surface area contributed by atoms with E-state index >= 15 is 0 Å². The Morgan fingerprint density at radius 1 is 0.385 bits per heavy atom. The molecular formula is C66H42N8O4. The quantitative estimate of drug-likeness (QED) is 0.130. The Balaban J connectivity index is 0.807. The molecule has 8 aromatic carbocycles. The Hall–Kier alpha value is -10.7. The van der Waals surface area contributed by atoms with Crippen molar-refractivity contribution in [2.24, 2.45) is 0 Å². The number of fused-ring (bicyclic) bond motifs is 8. The van der Waals surface area contributed by atoms with Crippen LogP contribution in [-0.4, -0.2) is 39.0 Å². The van der Waals surface area contributed by atoms with Gasteiger partial charge in [0.2, 0.25) is 11.8 Å². The van der Waals surface area contributed by atoms with Crippen LogP contribution in [0.5, 0.6) is 23.0 Å². The zero-order chi connectivity index (χ0) is 51.8. The van der Waals surface area contributed by atoms with Gasteiger partial charge in [-0.3, -0.25) is 19.1 Å². The van der Waals surface area contributed by atoms with E-state index in [9.17, 15) is 0 Å². The predicted octanol–water partition coefficient (Wildman–Crippen LogP) is 16.6. The molecule has 78 heavy (non-hydrogen) atoms. The van der Waals surface area contributed by atoms with E-state index in [0.29, 0.717) is 68.5 Å². The maximum absolute atomic E-state index is 6.92. The van der Waals surface area contributed by atoms with Crippen LogP contribution in [0.25, 0.3) is 123 Å². The van der Waals surface area contributed by atoms with Gasteiger partial charge >= 0.3 is 0 Å². The molecule has 0 aliphatic rings. The molecule has 0 atom stereocenters. The van der Waals surface area contributed by atoms with Crippen molar-refractivity contribution in [1.29, 1.82) is 0 Å². The fraction of sp³-hybridized carbons (Fsp3) is 0.0303. The molecule has 0 fully saturated rings. The van der Waals surface area contributed by atoms with Gasteiger partial charge < -0.3 is 18.3 Å². The standard InChI is InChI=1S/C66H42N8O4/c1-39-27-29-67-63(31-39)73-55-15-7-3-11-45(55)47-25-21-43(35-57(47)73)75-61-33-41(19-23-49(61)65-71-51-13-5-9-17-59(51)77-65)53-37-70-54(38-69-53)42-20-24-50(66-72-52-14-6-10-18-60(52)78-66)62(34-42)76-44-22-26-48-46-12-4-8-16-56(46)74(58(48)36-44)64-32-40(2)28-30-68-64/h3-38H,1-2H3. The predicted molar refractivity (Wildman–Crippen MR) is 306 cm³/mol. The third kappa shape index (κ3) is 7.69. The molecule has 0 saturated heterocycles.